The second-order valence-corrected chi connectivity index (χ2v) is 7.48. The monoisotopic (exact) mass is 449 g/mol. The number of rotatable bonds is 10. The van der Waals surface area contributed by atoms with Gasteiger partial charge in [0, 0.05) is 31.0 Å². The van der Waals surface area contributed by atoms with Gasteiger partial charge in [-0.2, -0.15) is 0 Å². The maximum absolute atomic E-state index is 12.7. The van der Waals surface area contributed by atoms with Crippen molar-refractivity contribution in [2.24, 2.45) is 0 Å². The van der Waals surface area contributed by atoms with Gasteiger partial charge in [-0.1, -0.05) is 30.3 Å². The fraction of sp³-hybridized carbons (Fsp3) is 0.174. The minimum atomic E-state index is -1.92. The van der Waals surface area contributed by atoms with Gasteiger partial charge in [-0.05, 0) is 47.4 Å². The van der Waals surface area contributed by atoms with Crippen molar-refractivity contribution in [3.63, 3.8) is 0 Å². The molecule has 2 aromatic carbocycles. The zero-order valence-electron chi connectivity index (χ0n) is 17.7. The molecule has 0 aliphatic carbocycles. The van der Waals surface area contributed by atoms with Crippen molar-refractivity contribution in [1.29, 1.82) is 0 Å². The van der Waals surface area contributed by atoms with Crippen molar-refractivity contribution in [3.8, 4) is 5.75 Å². The number of carboxylic acids is 1. The van der Waals surface area contributed by atoms with Gasteiger partial charge in [0.15, 0.2) is 0 Å². The van der Waals surface area contributed by atoms with Crippen LogP contribution >= 0.6 is 0 Å². The molecule has 0 spiro atoms. The van der Waals surface area contributed by atoms with Crippen LogP contribution in [0, 0.1) is 0 Å². The minimum absolute atomic E-state index is 0.168. The van der Waals surface area contributed by atoms with E-state index in [0.29, 0.717) is 18.7 Å². The average Bonchev–Trinajstić information content (AvgIpc) is 2.80. The van der Waals surface area contributed by atoms with Gasteiger partial charge in [-0.3, -0.25) is 9.78 Å². The van der Waals surface area contributed by atoms with Gasteiger partial charge in [-0.15, -0.1) is 0 Å². The number of aromatic nitrogens is 1. The first kappa shape index (κ1) is 23.9. The first-order valence-electron chi connectivity index (χ1n) is 10.2. The van der Waals surface area contributed by atoms with Crippen molar-refractivity contribution in [2.75, 3.05) is 0 Å². The third-order valence-corrected chi connectivity index (χ3v) is 5.04. The number of aromatic carboxylic acids is 1. The van der Waals surface area contributed by atoms with E-state index < -0.39 is 30.7 Å². The molecule has 0 aliphatic heterocycles. The summed E-state index contributed by atoms with van der Waals surface area (Å²) in [6.45, 7) is 1.12. The summed E-state index contributed by atoms with van der Waals surface area (Å²) in [5, 5.41) is 44.6. The van der Waals surface area contributed by atoms with Crippen LogP contribution in [0.4, 0.5) is 0 Å². The molecular weight excluding hydrogens is 425 g/mol. The first-order valence-corrected chi connectivity index (χ1v) is 10.2. The molecule has 9 nitrogen and oxygen atoms in total. The first-order chi connectivity index (χ1) is 15.8. The number of carboxylic acid groups (broad SMARTS) is 1. The average molecular weight is 449 g/mol. The molecule has 1 atom stereocenters. The molecule has 0 saturated carbocycles. The lowest BCUT2D eigenvalue weighted by Gasteiger charge is -2.19. The van der Waals surface area contributed by atoms with Crippen molar-refractivity contribution in [1.82, 2.24) is 15.6 Å². The van der Waals surface area contributed by atoms with Crippen molar-refractivity contribution in [2.45, 2.75) is 25.5 Å². The van der Waals surface area contributed by atoms with Crippen molar-refractivity contribution < 1.29 is 29.9 Å². The van der Waals surface area contributed by atoms with E-state index in [1.165, 1.54) is 18.2 Å². The van der Waals surface area contributed by atoms with Crippen molar-refractivity contribution in [3.05, 3.63) is 94.8 Å². The highest BCUT2D eigenvalue weighted by Gasteiger charge is 2.28. The second-order valence-electron chi connectivity index (χ2n) is 7.48. The van der Waals surface area contributed by atoms with Gasteiger partial charge in [0.1, 0.15) is 11.3 Å². The molecular formula is C23H24BN3O6. The number of phenols is 1. The Hall–Kier alpha value is -3.73. The molecule has 0 fully saturated rings. The maximum atomic E-state index is 12.7. The number of benzene rings is 2. The number of amides is 1. The van der Waals surface area contributed by atoms with Crippen LogP contribution in [0.15, 0.2) is 67.0 Å². The summed E-state index contributed by atoms with van der Waals surface area (Å²) >= 11 is 0. The fourth-order valence-corrected chi connectivity index (χ4v) is 3.32. The normalized spacial score (nSPS) is 11.6. The lowest BCUT2D eigenvalue weighted by atomic mass is 9.75. The number of carbonyl (C=O) groups is 2. The zero-order chi connectivity index (χ0) is 23.8. The van der Waals surface area contributed by atoms with Gasteiger partial charge >= 0.3 is 13.1 Å². The molecule has 1 heterocycles. The number of nitrogens with zero attached hydrogens (tertiary/aromatic N) is 1. The quantitative estimate of drug-likeness (QED) is 0.252. The molecule has 3 rings (SSSR count). The lowest BCUT2D eigenvalue weighted by Crippen LogP contribution is -2.48. The minimum Gasteiger partial charge on any atom is -0.507 e. The predicted octanol–water partition coefficient (Wildman–Crippen LogP) is 1.13. The van der Waals surface area contributed by atoms with E-state index in [4.69, 9.17) is 5.11 Å². The highest BCUT2D eigenvalue weighted by atomic mass is 16.4. The topological polar surface area (TPSA) is 152 Å². The summed E-state index contributed by atoms with van der Waals surface area (Å²) in [7, 11) is -1.92. The summed E-state index contributed by atoms with van der Waals surface area (Å²) in [6.07, 6.45) is 3.29. The van der Waals surface area contributed by atoms with Crippen LogP contribution in [0.3, 0.4) is 0 Å². The second kappa shape index (κ2) is 11.2. The van der Waals surface area contributed by atoms with Crippen molar-refractivity contribution >= 4 is 19.0 Å². The molecule has 33 heavy (non-hydrogen) atoms. The fourth-order valence-electron chi connectivity index (χ4n) is 3.32. The van der Waals surface area contributed by atoms with Crippen LogP contribution in [-0.2, 0) is 19.5 Å². The molecule has 6 N–H and O–H groups in total. The van der Waals surface area contributed by atoms with Crippen LogP contribution in [0.2, 0.25) is 0 Å². The van der Waals surface area contributed by atoms with Gasteiger partial charge in [0.25, 0.3) is 5.91 Å². The van der Waals surface area contributed by atoms with Gasteiger partial charge in [0.2, 0.25) is 0 Å². The Morgan fingerprint density at radius 2 is 1.73 bits per heavy atom. The Morgan fingerprint density at radius 1 is 1.00 bits per heavy atom. The number of hydrogen-bond acceptors (Lipinski definition) is 7. The molecule has 0 radical (unpaired) electrons. The number of nitrogens with one attached hydrogen (secondary N) is 2. The van der Waals surface area contributed by atoms with Gasteiger partial charge in [-0.25, -0.2) is 4.79 Å². The van der Waals surface area contributed by atoms with Crippen LogP contribution in [-0.4, -0.2) is 50.2 Å². The molecule has 0 saturated heterocycles. The predicted molar refractivity (Wildman–Crippen MR) is 121 cm³/mol. The molecule has 170 valence electrons. The van der Waals surface area contributed by atoms with Gasteiger partial charge in [0.05, 0.1) is 5.94 Å². The summed E-state index contributed by atoms with van der Waals surface area (Å²) in [5.41, 5.74) is 2.07. The molecule has 0 aliphatic rings. The van der Waals surface area contributed by atoms with Gasteiger partial charge < -0.3 is 30.9 Å². The molecule has 1 unspecified atom stereocenters. The van der Waals surface area contributed by atoms with Crippen LogP contribution in [0.5, 0.6) is 5.75 Å². The van der Waals surface area contributed by atoms with E-state index in [1.54, 1.807) is 30.6 Å². The van der Waals surface area contributed by atoms with Crippen LogP contribution in [0.1, 0.15) is 37.4 Å². The summed E-state index contributed by atoms with van der Waals surface area (Å²) in [6, 6.07) is 14.8. The van der Waals surface area contributed by atoms with Crippen LogP contribution < -0.4 is 10.6 Å². The highest BCUT2D eigenvalue weighted by Crippen LogP contribution is 2.24. The lowest BCUT2D eigenvalue weighted by molar-refractivity contribution is 0.0693. The van der Waals surface area contributed by atoms with E-state index >= 15 is 0 Å². The highest BCUT2D eigenvalue weighted by molar-refractivity contribution is 6.43. The molecule has 0 bridgehead atoms. The number of pyridine rings is 1. The number of hydrogen-bond donors (Lipinski definition) is 6. The largest absolute Gasteiger partial charge is 0.507 e. The Kier molecular flexibility index (Phi) is 8.14. The molecule has 1 amide bonds. The Balaban J connectivity index is 1.65. The number of aromatic hydroxyl groups is 1. The Labute approximate surface area is 190 Å². The third-order valence-electron chi connectivity index (χ3n) is 5.04. The van der Waals surface area contributed by atoms with E-state index in [1.807, 2.05) is 18.2 Å². The molecule has 1 aromatic heterocycles. The number of carbonyl (C=O) groups excluding carboxylic acids is 1. The zero-order valence-corrected chi connectivity index (χ0v) is 17.7. The smallest absolute Gasteiger partial charge is 0.475 e. The maximum Gasteiger partial charge on any atom is 0.475 e. The third kappa shape index (κ3) is 6.63. The summed E-state index contributed by atoms with van der Waals surface area (Å²) in [4.78, 5) is 28.0. The van der Waals surface area contributed by atoms with E-state index in [2.05, 4.69) is 15.6 Å². The Morgan fingerprint density at radius 3 is 2.42 bits per heavy atom. The molecule has 3 aromatic rings. The Bertz CT molecular complexity index is 1110. The van der Waals surface area contributed by atoms with E-state index in [9.17, 15) is 24.7 Å². The standard InChI is InChI=1S/C23H24BN3O6/c28-21-17(6-2-8-19(21)23(30)31)11-20(24(32)33)27-22(29)18-7-1-4-15(10-18)12-26-14-16-5-3-9-25-13-16/h1-10,13,20,26,28,32-33H,11-12,14H2,(H,27,29)(H,30,31). The SMILES string of the molecule is O=C(NC(Cc1cccc(C(=O)O)c1O)B(O)O)c1cccc(CNCc2cccnc2)c1. The van der Waals surface area contributed by atoms with E-state index in [-0.39, 0.29) is 17.5 Å². The molecule has 10 heteroatoms. The summed E-state index contributed by atoms with van der Waals surface area (Å²) in [5.74, 6) is -3.49. The number of para-hydroxylation sites is 1. The summed E-state index contributed by atoms with van der Waals surface area (Å²) < 4.78 is 0. The van der Waals surface area contributed by atoms with E-state index in [0.717, 1.165) is 11.1 Å². The van der Waals surface area contributed by atoms with Crippen LogP contribution in [0.25, 0.3) is 0 Å².